The van der Waals surface area contributed by atoms with E-state index in [1.165, 1.54) is 0 Å². The fourth-order valence-electron chi connectivity index (χ4n) is 2.55. The van der Waals surface area contributed by atoms with Crippen LogP contribution in [0.3, 0.4) is 0 Å². The van der Waals surface area contributed by atoms with Gasteiger partial charge in [-0.05, 0) is 28.9 Å². The van der Waals surface area contributed by atoms with Gasteiger partial charge in [-0.2, -0.15) is 16.0 Å². The summed E-state index contributed by atoms with van der Waals surface area (Å²) in [6.45, 7) is 0. The van der Waals surface area contributed by atoms with Gasteiger partial charge in [-0.1, -0.05) is 0 Å². The lowest BCUT2D eigenvalue weighted by molar-refractivity contribution is -0.698. The topological polar surface area (TPSA) is 173 Å². The molecular weight excluding hydrogens is 438 g/mol. The lowest BCUT2D eigenvalue weighted by atomic mass is 10.2. The van der Waals surface area contributed by atoms with Crippen molar-refractivity contribution in [1.82, 2.24) is 0 Å². The van der Waals surface area contributed by atoms with Crippen LogP contribution < -0.4 is 0 Å². The number of nitro benzene ring substituents is 2. The summed E-state index contributed by atoms with van der Waals surface area (Å²) in [5.74, 6) is 2.70. The summed E-state index contributed by atoms with van der Waals surface area (Å²) in [6, 6.07) is 0.814. The number of nitrogens with zero attached hydrogens (tertiary/aromatic N) is 3. The summed E-state index contributed by atoms with van der Waals surface area (Å²) in [7, 11) is -7.52. The third-order valence-corrected chi connectivity index (χ3v) is 8.87. The highest BCUT2D eigenvalue weighted by Gasteiger charge is 2.40. The molecule has 15 heteroatoms. The molecule has 0 N–H and O–H groups in total. The zero-order chi connectivity index (χ0) is 21.1. The Bertz CT molecular complexity index is 911. The molecule has 156 valence electrons. The zero-order valence-electron chi connectivity index (χ0n) is 14.6. The van der Waals surface area contributed by atoms with Crippen LogP contribution in [0.2, 0.25) is 0 Å². The normalized spacial score (nSPS) is 22.9. The number of nitro groups is 2. The second-order valence-electron chi connectivity index (χ2n) is 6.02. The largest absolute Gasteiger partial charge is 0.744 e. The first-order valence-corrected chi connectivity index (χ1v) is 12.7. The highest BCUT2D eigenvalue weighted by molar-refractivity contribution is 8.29. The first kappa shape index (κ1) is 22.3. The van der Waals surface area contributed by atoms with Crippen LogP contribution in [0.25, 0.3) is 0 Å². The van der Waals surface area contributed by atoms with Crippen LogP contribution in [0.4, 0.5) is 17.1 Å². The van der Waals surface area contributed by atoms with E-state index >= 15 is 0 Å². The molecule has 1 aromatic rings. The van der Waals surface area contributed by atoms with Crippen LogP contribution in [0.5, 0.6) is 0 Å². The molecule has 1 aromatic carbocycles. The standard InChI is InChI=1S/C13H17N3O9S3/c1-27(6-3-2-4-26-5-7-27)25-16(21)12-9-10(14(17)18)8-11(15(19)20)13(12)28(22,23)24/h8-9H,2-7H2,1H3. The Morgan fingerprint density at radius 1 is 1.04 bits per heavy atom. The molecule has 1 aliphatic heterocycles. The van der Waals surface area contributed by atoms with Crippen LogP contribution in [-0.4, -0.2) is 57.0 Å². The van der Waals surface area contributed by atoms with Crippen LogP contribution in [0, 0.1) is 25.1 Å². The van der Waals surface area contributed by atoms with Gasteiger partial charge in [0.1, 0.15) is 16.2 Å². The molecule has 1 atom stereocenters. The van der Waals surface area contributed by atoms with E-state index in [2.05, 4.69) is 0 Å². The molecule has 0 aromatic heterocycles. The average molecular weight is 455 g/mol. The molecule has 1 aliphatic rings. The van der Waals surface area contributed by atoms with Gasteiger partial charge in [0, 0.05) is 23.5 Å². The lowest BCUT2D eigenvalue weighted by Crippen LogP contribution is -2.20. The molecule has 1 saturated heterocycles. The minimum atomic E-state index is -5.50. The molecule has 1 unspecified atom stereocenters. The van der Waals surface area contributed by atoms with Crippen molar-refractivity contribution in [2.45, 2.75) is 17.7 Å². The van der Waals surface area contributed by atoms with Crippen LogP contribution in [0.15, 0.2) is 17.0 Å². The number of hydrogen-bond acceptors (Lipinski definition) is 10. The molecule has 0 aliphatic carbocycles. The number of benzene rings is 1. The summed E-state index contributed by atoms with van der Waals surface area (Å²) >= 11 is 1.67. The number of non-ortho nitro benzene ring substituents is 1. The van der Waals surface area contributed by atoms with Gasteiger partial charge >= 0.3 is 11.4 Å². The molecular formula is C13H17N3O9S3. The van der Waals surface area contributed by atoms with Gasteiger partial charge in [-0.3, -0.25) is 20.2 Å². The fraction of sp³-hybridized carbons (Fsp3) is 0.538. The van der Waals surface area contributed by atoms with Gasteiger partial charge in [0.2, 0.25) is 4.90 Å². The van der Waals surface area contributed by atoms with Gasteiger partial charge in [-0.15, -0.1) is 0 Å². The predicted octanol–water partition coefficient (Wildman–Crippen LogP) is 2.63. The maximum absolute atomic E-state index is 12.6. The van der Waals surface area contributed by atoms with Crippen molar-refractivity contribution < 1.29 is 32.0 Å². The lowest BCUT2D eigenvalue weighted by Gasteiger charge is -2.30. The molecule has 28 heavy (non-hydrogen) atoms. The van der Waals surface area contributed by atoms with Crippen LogP contribution in [-0.2, 0) is 14.4 Å². The Hall–Kier alpha value is -1.97. The molecule has 0 spiro atoms. The Balaban J connectivity index is 2.56. The fourth-order valence-corrected chi connectivity index (χ4v) is 7.39. The maximum Gasteiger partial charge on any atom is 0.349 e. The highest BCUT2D eigenvalue weighted by Crippen LogP contribution is 2.50. The number of thioether (sulfide) groups is 1. The van der Waals surface area contributed by atoms with Crippen molar-refractivity contribution in [1.29, 1.82) is 0 Å². The van der Waals surface area contributed by atoms with Crippen molar-refractivity contribution in [3.05, 3.63) is 37.3 Å². The molecule has 2 rings (SSSR count). The van der Waals surface area contributed by atoms with Crippen molar-refractivity contribution in [3.63, 3.8) is 0 Å². The first-order valence-electron chi connectivity index (χ1n) is 7.85. The van der Waals surface area contributed by atoms with Crippen molar-refractivity contribution in [2.24, 2.45) is 0 Å². The summed E-state index contributed by atoms with van der Waals surface area (Å²) < 4.78 is 40.2. The molecule has 12 nitrogen and oxygen atoms in total. The van der Waals surface area contributed by atoms with Gasteiger partial charge in [-0.25, -0.2) is 8.42 Å². The molecule has 0 radical (unpaired) electrons. The predicted molar refractivity (Wildman–Crippen MR) is 102 cm³/mol. The number of rotatable bonds is 6. The Morgan fingerprint density at radius 3 is 2.25 bits per heavy atom. The smallest absolute Gasteiger partial charge is 0.349 e. The van der Waals surface area contributed by atoms with E-state index in [0.717, 1.165) is 18.6 Å². The first-order chi connectivity index (χ1) is 12.9. The van der Waals surface area contributed by atoms with E-state index in [4.69, 9.17) is 4.28 Å². The molecule has 1 heterocycles. The molecule has 1 fully saturated rings. The quantitative estimate of drug-likeness (QED) is 0.352. The van der Waals surface area contributed by atoms with Crippen LogP contribution in [0.1, 0.15) is 12.8 Å². The third kappa shape index (κ3) is 5.30. The summed E-state index contributed by atoms with van der Waals surface area (Å²) in [5, 5.41) is 22.2. The minimum Gasteiger partial charge on any atom is -0.744 e. The second kappa shape index (κ2) is 8.59. The molecule has 0 amide bonds. The summed E-state index contributed by atoms with van der Waals surface area (Å²) in [4.78, 5) is 30.8. The minimum absolute atomic E-state index is 0.299. The van der Waals surface area contributed by atoms with Crippen molar-refractivity contribution in [3.8, 4) is 0 Å². The number of hydrogen-bond donors (Lipinski definition) is 0. The SMILES string of the molecule is CS1(O[N+](=O)c2cc([N+](=O)[O-])cc([N+](=O)[O-])c2S(=O)(=O)[O-])CCCCSCC1. The van der Waals surface area contributed by atoms with E-state index in [1.54, 1.807) is 18.0 Å². The summed E-state index contributed by atoms with van der Waals surface area (Å²) in [5.41, 5.74) is -3.33. The van der Waals surface area contributed by atoms with Gasteiger partial charge in [0.15, 0.2) is 0 Å². The van der Waals surface area contributed by atoms with Crippen molar-refractivity contribution in [2.75, 3.05) is 29.3 Å². The molecule has 0 bridgehead atoms. The maximum atomic E-state index is 12.6. The van der Waals surface area contributed by atoms with Gasteiger partial charge < -0.3 is 4.55 Å². The Labute approximate surface area is 165 Å². The van der Waals surface area contributed by atoms with E-state index < -0.39 is 52.2 Å². The highest BCUT2D eigenvalue weighted by atomic mass is 32.3. The van der Waals surface area contributed by atoms with E-state index in [-0.39, 0.29) is 4.92 Å². The van der Waals surface area contributed by atoms with E-state index in [1.807, 2.05) is 0 Å². The molecule has 0 saturated carbocycles. The van der Waals surface area contributed by atoms with Gasteiger partial charge in [0.25, 0.3) is 10.6 Å². The average Bonchev–Trinajstić information content (AvgIpc) is 2.56. The van der Waals surface area contributed by atoms with Crippen LogP contribution >= 0.6 is 22.1 Å². The summed E-state index contributed by atoms with van der Waals surface area (Å²) in [6.07, 6.45) is 3.35. The monoisotopic (exact) mass is 455 g/mol. The second-order valence-corrected chi connectivity index (χ2v) is 11.9. The van der Waals surface area contributed by atoms with E-state index in [0.29, 0.717) is 29.4 Å². The zero-order valence-corrected chi connectivity index (χ0v) is 17.1. The Kier molecular flexibility index (Phi) is 6.84. The van der Waals surface area contributed by atoms with E-state index in [9.17, 15) is 38.1 Å². The third-order valence-electron chi connectivity index (χ3n) is 3.91. The van der Waals surface area contributed by atoms with Gasteiger partial charge in [0.05, 0.1) is 20.8 Å². The Morgan fingerprint density at radius 2 is 1.68 bits per heavy atom. The van der Waals surface area contributed by atoms with Crippen molar-refractivity contribution >= 4 is 49.3 Å².